The molecule has 0 unspecified atom stereocenters. The third-order valence-corrected chi connectivity index (χ3v) is 4.31. The van der Waals surface area contributed by atoms with Crippen molar-refractivity contribution in [3.8, 4) is 5.75 Å². The highest BCUT2D eigenvalue weighted by atomic mass is 35.5. The number of carboxylic acids is 1. The third kappa shape index (κ3) is 4.14. The quantitative estimate of drug-likeness (QED) is 0.780. The van der Waals surface area contributed by atoms with Crippen molar-refractivity contribution in [1.29, 1.82) is 0 Å². The summed E-state index contributed by atoms with van der Waals surface area (Å²) in [4.78, 5) is 10.6. The number of hydrogen-bond acceptors (Lipinski definition) is 5. The van der Waals surface area contributed by atoms with Crippen LogP contribution in [0.3, 0.4) is 0 Å². The summed E-state index contributed by atoms with van der Waals surface area (Å²) in [5, 5.41) is 18.1. The molecule has 0 atom stereocenters. The van der Waals surface area contributed by atoms with Gasteiger partial charge in [-0.2, -0.15) is 0 Å². The van der Waals surface area contributed by atoms with E-state index in [2.05, 4.69) is 10.2 Å². The number of aliphatic carboxylic acids is 1. The van der Waals surface area contributed by atoms with Crippen LogP contribution in [0.15, 0.2) is 23.4 Å². The van der Waals surface area contributed by atoms with Crippen LogP contribution in [0.4, 0.5) is 0 Å². The Morgan fingerprint density at radius 3 is 2.86 bits per heavy atom. The van der Waals surface area contributed by atoms with E-state index in [0.717, 1.165) is 17.3 Å². The van der Waals surface area contributed by atoms with Crippen molar-refractivity contribution in [3.63, 3.8) is 0 Å². The normalized spacial score (nSPS) is 10.7. The van der Waals surface area contributed by atoms with Crippen molar-refractivity contribution >= 4 is 29.3 Å². The number of rotatable bonds is 7. The lowest BCUT2D eigenvalue weighted by Crippen LogP contribution is -2.08. The first-order valence-electron chi connectivity index (χ1n) is 6.67. The number of aryl methyl sites for hydroxylation is 1. The summed E-state index contributed by atoms with van der Waals surface area (Å²) in [6.45, 7) is 4.76. The molecular weight excluding hydrogens is 326 g/mol. The number of aromatic nitrogens is 3. The first-order chi connectivity index (χ1) is 10.5. The molecule has 22 heavy (non-hydrogen) atoms. The summed E-state index contributed by atoms with van der Waals surface area (Å²) in [6.07, 6.45) is 0. The molecule has 0 amide bonds. The number of hydrogen-bond donors (Lipinski definition) is 1. The highest BCUT2D eigenvalue weighted by molar-refractivity contribution is 7.99. The highest BCUT2D eigenvalue weighted by Crippen LogP contribution is 2.22. The van der Waals surface area contributed by atoms with Crippen LogP contribution in [0.25, 0.3) is 0 Å². The molecule has 8 heteroatoms. The average Bonchev–Trinajstić information content (AvgIpc) is 2.88. The molecule has 0 fully saturated rings. The third-order valence-electron chi connectivity index (χ3n) is 2.93. The molecule has 0 saturated heterocycles. The Hall–Kier alpha value is -1.73. The van der Waals surface area contributed by atoms with Crippen molar-refractivity contribution < 1.29 is 14.6 Å². The second-order valence-corrected chi connectivity index (χ2v) is 5.87. The van der Waals surface area contributed by atoms with Gasteiger partial charge in [0.15, 0.2) is 11.0 Å². The molecule has 0 aliphatic heterocycles. The van der Waals surface area contributed by atoms with E-state index in [9.17, 15) is 4.79 Å². The molecule has 0 aliphatic rings. The monoisotopic (exact) mass is 341 g/mol. The molecule has 6 nitrogen and oxygen atoms in total. The van der Waals surface area contributed by atoms with Gasteiger partial charge in [-0.1, -0.05) is 23.4 Å². The summed E-state index contributed by atoms with van der Waals surface area (Å²) >= 11 is 7.12. The maximum Gasteiger partial charge on any atom is 0.313 e. The lowest BCUT2D eigenvalue weighted by atomic mass is 10.2. The summed E-state index contributed by atoms with van der Waals surface area (Å²) in [7, 11) is 0. The van der Waals surface area contributed by atoms with E-state index in [1.165, 1.54) is 0 Å². The first-order valence-corrected chi connectivity index (χ1v) is 8.03. The van der Waals surface area contributed by atoms with E-state index in [0.29, 0.717) is 28.3 Å². The number of carboxylic acid groups (broad SMARTS) is 1. The Balaban J connectivity index is 2.06. The maximum atomic E-state index is 10.6. The second kappa shape index (κ2) is 7.51. The Bertz CT molecular complexity index is 675. The Kier molecular flexibility index (Phi) is 5.68. The zero-order chi connectivity index (χ0) is 16.1. The Morgan fingerprint density at radius 1 is 1.45 bits per heavy atom. The van der Waals surface area contributed by atoms with Crippen LogP contribution in [0, 0.1) is 6.92 Å². The van der Waals surface area contributed by atoms with Crippen LogP contribution >= 0.6 is 23.4 Å². The van der Waals surface area contributed by atoms with E-state index in [1.807, 2.05) is 24.5 Å². The molecule has 1 heterocycles. The largest absolute Gasteiger partial charge is 0.486 e. The van der Waals surface area contributed by atoms with Gasteiger partial charge >= 0.3 is 5.97 Å². The van der Waals surface area contributed by atoms with E-state index >= 15 is 0 Å². The molecule has 1 N–H and O–H groups in total. The maximum absolute atomic E-state index is 10.6. The van der Waals surface area contributed by atoms with E-state index < -0.39 is 5.97 Å². The number of thioether (sulfide) groups is 1. The molecule has 0 aliphatic carbocycles. The van der Waals surface area contributed by atoms with Gasteiger partial charge in [0.2, 0.25) is 0 Å². The van der Waals surface area contributed by atoms with Crippen molar-refractivity contribution in [2.75, 3.05) is 5.75 Å². The minimum Gasteiger partial charge on any atom is -0.486 e. The smallest absolute Gasteiger partial charge is 0.313 e. The fraction of sp³-hybridized carbons (Fsp3) is 0.357. The summed E-state index contributed by atoms with van der Waals surface area (Å²) < 4.78 is 7.55. The zero-order valence-electron chi connectivity index (χ0n) is 12.2. The number of halogens is 1. The minimum atomic E-state index is -0.884. The molecular formula is C14H16ClN3O3S. The standard InChI is InChI=1S/C14H16ClN3O3S/c1-3-18-12(16-17-14(18)22-8-13(19)20)7-21-10-4-5-11(15)9(2)6-10/h4-6H,3,7-8H2,1-2H3,(H,19,20). The molecule has 0 radical (unpaired) electrons. The van der Waals surface area contributed by atoms with Gasteiger partial charge in [-0.25, -0.2) is 0 Å². The fourth-order valence-corrected chi connectivity index (χ4v) is 2.69. The Labute approximate surface area is 137 Å². The van der Waals surface area contributed by atoms with Crippen LogP contribution < -0.4 is 4.74 Å². The van der Waals surface area contributed by atoms with Crippen molar-refractivity contribution in [3.05, 3.63) is 34.6 Å². The SMILES string of the molecule is CCn1c(COc2ccc(Cl)c(C)c2)nnc1SCC(=O)O. The van der Waals surface area contributed by atoms with Gasteiger partial charge < -0.3 is 14.4 Å². The zero-order valence-corrected chi connectivity index (χ0v) is 13.8. The van der Waals surface area contributed by atoms with E-state index in [1.54, 1.807) is 12.1 Å². The molecule has 0 bridgehead atoms. The predicted octanol–water partition coefficient (Wildman–Crippen LogP) is 3.02. The van der Waals surface area contributed by atoms with Gasteiger partial charge in [0.25, 0.3) is 0 Å². The average molecular weight is 342 g/mol. The summed E-state index contributed by atoms with van der Waals surface area (Å²) in [5.74, 6) is 0.426. The lowest BCUT2D eigenvalue weighted by Gasteiger charge is -2.09. The van der Waals surface area contributed by atoms with Crippen LogP contribution in [-0.2, 0) is 17.9 Å². The van der Waals surface area contributed by atoms with Crippen molar-refractivity contribution in [2.45, 2.75) is 32.2 Å². The minimum absolute atomic E-state index is 0.0463. The number of nitrogens with zero attached hydrogens (tertiary/aromatic N) is 3. The van der Waals surface area contributed by atoms with Crippen molar-refractivity contribution in [2.24, 2.45) is 0 Å². The van der Waals surface area contributed by atoms with Crippen LogP contribution in [0.1, 0.15) is 18.3 Å². The molecule has 2 aromatic rings. The molecule has 1 aromatic carbocycles. The van der Waals surface area contributed by atoms with Gasteiger partial charge in [0.05, 0.1) is 5.75 Å². The first kappa shape index (κ1) is 16.6. The molecule has 0 spiro atoms. The van der Waals surface area contributed by atoms with E-state index in [4.69, 9.17) is 21.4 Å². The molecule has 118 valence electrons. The van der Waals surface area contributed by atoms with Gasteiger partial charge in [-0.15, -0.1) is 10.2 Å². The van der Waals surface area contributed by atoms with Gasteiger partial charge in [-0.05, 0) is 37.6 Å². The van der Waals surface area contributed by atoms with E-state index in [-0.39, 0.29) is 12.4 Å². The molecule has 1 aromatic heterocycles. The molecule has 0 saturated carbocycles. The highest BCUT2D eigenvalue weighted by Gasteiger charge is 2.13. The van der Waals surface area contributed by atoms with Gasteiger partial charge in [0, 0.05) is 11.6 Å². The predicted molar refractivity (Wildman–Crippen MR) is 84.6 cm³/mol. The number of carbonyl (C=O) groups is 1. The Morgan fingerprint density at radius 2 is 2.23 bits per heavy atom. The van der Waals surface area contributed by atoms with Crippen molar-refractivity contribution in [1.82, 2.24) is 14.8 Å². The van der Waals surface area contributed by atoms with Gasteiger partial charge in [-0.3, -0.25) is 4.79 Å². The second-order valence-electron chi connectivity index (χ2n) is 4.53. The summed E-state index contributed by atoms with van der Waals surface area (Å²) in [6, 6.07) is 5.43. The van der Waals surface area contributed by atoms with Crippen LogP contribution in [-0.4, -0.2) is 31.6 Å². The lowest BCUT2D eigenvalue weighted by molar-refractivity contribution is -0.133. The van der Waals surface area contributed by atoms with Crippen LogP contribution in [0.5, 0.6) is 5.75 Å². The summed E-state index contributed by atoms with van der Waals surface area (Å²) in [5.41, 5.74) is 0.939. The number of ether oxygens (including phenoxy) is 1. The van der Waals surface area contributed by atoms with Crippen LogP contribution in [0.2, 0.25) is 5.02 Å². The van der Waals surface area contributed by atoms with Gasteiger partial charge in [0.1, 0.15) is 12.4 Å². The fourth-order valence-electron chi connectivity index (χ4n) is 1.83. The number of benzene rings is 1. The molecule has 2 rings (SSSR count). The topological polar surface area (TPSA) is 77.2 Å².